The maximum absolute atomic E-state index is 5.52. The second kappa shape index (κ2) is 3.86. The maximum atomic E-state index is 5.52. The van der Waals surface area contributed by atoms with Gasteiger partial charge in [0.1, 0.15) is 0 Å². The van der Waals surface area contributed by atoms with E-state index in [0.29, 0.717) is 5.41 Å². The first-order valence-electron chi connectivity index (χ1n) is 6.19. The fourth-order valence-corrected chi connectivity index (χ4v) is 3.35. The van der Waals surface area contributed by atoms with Gasteiger partial charge in [0.15, 0.2) is 0 Å². The highest BCUT2D eigenvalue weighted by Crippen LogP contribution is 2.40. The summed E-state index contributed by atoms with van der Waals surface area (Å²) < 4.78 is 5.52. The van der Waals surface area contributed by atoms with Crippen LogP contribution in [-0.2, 0) is 16.7 Å². The van der Waals surface area contributed by atoms with Crippen molar-refractivity contribution in [1.29, 1.82) is 0 Å². The average molecular weight is 217 g/mol. The molecule has 1 N–H and O–H groups in total. The third kappa shape index (κ3) is 1.48. The lowest BCUT2D eigenvalue weighted by atomic mass is 9.69. The summed E-state index contributed by atoms with van der Waals surface area (Å²) in [5.41, 5.74) is 4.91. The lowest BCUT2D eigenvalue weighted by Crippen LogP contribution is -2.47. The van der Waals surface area contributed by atoms with Crippen molar-refractivity contribution in [2.45, 2.75) is 31.7 Å². The molecule has 2 heterocycles. The van der Waals surface area contributed by atoms with E-state index in [2.05, 4.69) is 30.4 Å². The minimum absolute atomic E-state index is 0.344. The normalized spacial score (nSPS) is 23.1. The summed E-state index contributed by atoms with van der Waals surface area (Å²) in [5.74, 6) is 0. The highest BCUT2D eigenvalue weighted by atomic mass is 16.5. The van der Waals surface area contributed by atoms with E-state index in [1.165, 1.54) is 11.1 Å². The van der Waals surface area contributed by atoms with Gasteiger partial charge in [0.25, 0.3) is 0 Å². The molecule has 0 radical (unpaired) electrons. The molecule has 3 rings (SSSR count). The summed E-state index contributed by atoms with van der Waals surface area (Å²) in [6.45, 7) is 6.22. The summed E-state index contributed by atoms with van der Waals surface area (Å²) in [4.78, 5) is 0. The fraction of sp³-hybridized carbons (Fsp3) is 0.571. The van der Waals surface area contributed by atoms with Gasteiger partial charge >= 0.3 is 0 Å². The molecule has 2 nitrogen and oxygen atoms in total. The molecule has 0 aromatic heterocycles. The summed E-state index contributed by atoms with van der Waals surface area (Å²) in [6, 6.07) is 6.70. The highest BCUT2D eigenvalue weighted by molar-refractivity contribution is 5.43. The molecule has 2 aliphatic rings. The van der Waals surface area contributed by atoms with E-state index in [9.17, 15) is 0 Å². The molecule has 0 amide bonds. The average Bonchev–Trinajstić information content (AvgIpc) is 2.30. The Kier molecular flexibility index (Phi) is 2.49. The Bertz CT molecular complexity index is 394. The Hall–Kier alpha value is -0.860. The molecular weight excluding hydrogens is 198 g/mol. The van der Waals surface area contributed by atoms with Gasteiger partial charge in [0.05, 0.1) is 0 Å². The van der Waals surface area contributed by atoms with Crippen molar-refractivity contribution >= 4 is 0 Å². The van der Waals surface area contributed by atoms with E-state index in [4.69, 9.17) is 4.74 Å². The van der Waals surface area contributed by atoms with E-state index in [1.807, 2.05) is 0 Å². The van der Waals surface area contributed by atoms with Crippen molar-refractivity contribution < 1.29 is 4.74 Å². The van der Waals surface area contributed by atoms with Gasteiger partial charge in [-0.15, -0.1) is 0 Å². The number of hydrogen-bond acceptors (Lipinski definition) is 2. The summed E-state index contributed by atoms with van der Waals surface area (Å²) >= 11 is 0. The van der Waals surface area contributed by atoms with E-state index >= 15 is 0 Å². The first-order valence-corrected chi connectivity index (χ1v) is 6.19. The van der Waals surface area contributed by atoms with Crippen molar-refractivity contribution in [2.75, 3.05) is 19.8 Å². The van der Waals surface area contributed by atoms with Crippen molar-refractivity contribution in [1.82, 2.24) is 5.32 Å². The van der Waals surface area contributed by atoms with Crippen LogP contribution in [0.3, 0.4) is 0 Å². The van der Waals surface area contributed by atoms with Crippen LogP contribution >= 0.6 is 0 Å². The van der Waals surface area contributed by atoms with Gasteiger partial charge in [-0.25, -0.2) is 0 Å². The molecule has 86 valence electrons. The quantitative estimate of drug-likeness (QED) is 0.719. The number of aryl methyl sites for hydroxylation is 1. The molecule has 0 bridgehead atoms. The zero-order chi connectivity index (χ0) is 11.0. The van der Waals surface area contributed by atoms with E-state index in [-0.39, 0.29) is 0 Å². The van der Waals surface area contributed by atoms with E-state index in [1.54, 1.807) is 5.56 Å². The van der Waals surface area contributed by atoms with Gasteiger partial charge < -0.3 is 10.1 Å². The third-order valence-electron chi connectivity index (χ3n) is 4.12. The topological polar surface area (TPSA) is 21.3 Å². The Balaban J connectivity index is 2.10. The number of benzene rings is 1. The molecule has 16 heavy (non-hydrogen) atoms. The van der Waals surface area contributed by atoms with Crippen LogP contribution in [0.25, 0.3) is 0 Å². The molecule has 0 atom stereocenters. The molecule has 0 saturated carbocycles. The maximum Gasteiger partial charge on any atom is 0.0475 e. The monoisotopic (exact) mass is 217 g/mol. The predicted octanol–water partition coefficient (Wildman–Crippen LogP) is 2.15. The zero-order valence-corrected chi connectivity index (χ0v) is 9.88. The van der Waals surface area contributed by atoms with Gasteiger partial charge in [-0.2, -0.15) is 0 Å². The molecule has 1 aromatic rings. The molecule has 1 saturated heterocycles. The van der Waals surface area contributed by atoms with Crippen LogP contribution in [0.4, 0.5) is 0 Å². The van der Waals surface area contributed by atoms with Crippen LogP contribution in [0.1, 0.15) is 29.5 Å². The predicted molar refractivity (Wildman–Crippen MR) is 64.6 cm³/mol. The van der Waals surface area contributed by atoms with E-state index in [0.717, 1.165) is 39.1 Å². The molecule has 1 fully saturated rings. The smallest absolute Gasteiger partial charge is 0.0475 e. The minimum Gasteiger partial charge on any atom is -0.381 e. The first kappa shape index (κ1) is 10.3. The van der Waals surface area contributed by atoms with Gasteiger partial charge in [0, 0.05) is 31.7 Å². The highest BCUT2D eigenvalue weighted by Gasteiger charge is 2.38. The molecule has 2 heteroatoms. The standard InChI is InChI=1S/C14H19NO/c1-11-3-2-4-12-9-15-10-14(13(11)12)5-7-16-8-6-14/h2-4,15H,5-10H2,1H3. The lowest BCUT2D eigenvalue weighted by molar-refractivity contribution is 0.0469. The molecular formula is C14H19NO. The first-order chi connectivity index (χ1) is 7.82. The molecule has 2 aliphatic heterocycles. The Labute approximate surface area is 97.0 Å². The van der Waals surface area contributed by atoms with Crippen molar-refractivity contribution in [3.8, 4) is 0 Å². The molecule has 0 aliphatic carbocycles. The van der Waals surface area contributed by atoms with Crippen LogP contribution < -0.4 is 5.32 Å². The summed E-state index contributed by atoms with van der Waals surface area (Å²) in [7, 11) is 0. The third-order valence-corrected chi connectivity index (χ3v) is 4.12. The number of fused-ring (bicyclic) bond motifs is 2. The van der Waals surface area contributed by atoms with Gasteiger partial charge in [-0.1, -0.05) is 18.2 Å². The minimum atomic E-state index is 0.344. The van der Waals surface area contributed by atoms with Crippen molar-refractivity contribution in [2.24, 2.45) is 0 Å². The second-order valence-corrected chi connectivity index (χ2v) is 5.11. The van der Waals surface area contributed by atoms with E-state index < -0.39 is 0 Å². The zero-order valence-electron chi connectivity index (χ0n) is 9.88. The molecule has 1 spiro atoms. The van der Waals surface area contributed by atoms with Gasteiger partial charge in [0.2, 0.25) is 0 Å². The molecule has 1 aromatic carbocycles. The SMILES string of the molecule is Cc1cccc2c1C1(CCOCC1)CNC2. The number of hydrogen-bond donors (Lipinski definition) is 1. The van der Waals surface area contributed by atoms with Crippen LogP contribution in [-0.4, -0.2) is 19.8 Å². The number of ether oxygens (including phenoxy) is 1. The van der Waals surface area contributed by atoms with Crippen LogP contribution in [0.15, 0.2) is 18.2 Å². The summed E-state index contributed by atoms with van der Waals surface area (Å²) in [6.07, 6.45) is 2.33. The van der Waals surface area contributed by atoms with Crippen LogP contribution in [0, 0.1) is 6.92 Å². The van der Waals surface area contributed by atoms with Crippen molar-refractivity contribution in [3.05, 3.63) is 34.9 Å². The van der Waals surface area contributed by atoms with Gasteiger partial charge in [-0.05, 0) is 36.5 Å². The van der Waals surface area contributed by atoms with Crippen LogP contribution in [0.2, 0.25) is 0 Å². The largest absolute Gasteiger partial charge is 0.381 e. The Morgan fingerprint density at radius 1 is 1.25 bits per heavy atom. The second-order valence-electron chi connectivity index (χ2n) is 5.11. The van der Waals surface area contributed by atoms with Crippen molar-refractivity contribution in [3.63, 3.8) is 0 Å². The summed E-state index contributed by atoms with van der Waals surface area (Å²) in [5, 5.41) is 3.57. The van der Waals surface area contributed by atoms with Gasteiger partial charge in [-0.3, -0.25) is 0 Å². The number of nitrogens with one attached hydrogen (secondary N) is 1. The van der Waals surface area contributed by atoms with Crippen LogP contribution in [0.5, 0.6) is 0 Å². The fourth-order valence-electron chi connectivity index (χ4n) is 3.35. The Morgan fingerprint density at radius 3 is 2.88 bits per heavy atom. The molecule has 0 unspecified atom stereocenters. The number of rotatable bonds is 0. The Morgan fingerprint density at radius 2 is 2.06 bits per heavy atom. The lowest BCUT2D eigenvalue weighted by Gasteiger charge is -2.43.